The van der Waals surface area contributed by atoms with E-state index in [0.29, 0.717) is 27.9 Å². The molecule has 0 spiro atoms. The van der Waals surface area contributed by atoms with E-state index in [9.17, 15) is 9.59 Å². The average Bonchev–Trinajstić information content (AvgIpc) is 2.63. The topological polar surface area (TPSA) is 67.9 Å². The molecule has 0 fully saturated rings. The summed E-state index contributed by atoms with van der Waals surface area (Å²) < 4.78 is 11.1. The molecule has 0 bridgehead atoms. The Labute approximate surface area is 163 Å². The van der Waals surface area contributed by atoms with Crippen molar-refractivity contribution >= 4 is 34.8 Å². The molecule has 0 saturated carbocycles. The van der Waals surface area contributed by atoms with Crippen LogP contribution < -0.4 is 19.7 Å². The maximum absolute atomic E-state index is 12.2. The van der Waals surface area contributed by atoms with Gasteiger partial charge >= 0.3 is 0 Å². The molecule has 1 N–H and O–H groups in total. The van der Waals surface area contributed by atoms with E-state index in [1.165, 1.54) is 4.90 Å². The first kappa shape index (κ1) is 19.0. The van der Waals surface area contributed by atoms with Gasteiger partial charge in [-0.3, -0.25) is 9.59 Å². The second kappa shape index (κ2) is 7.48. The number of fused-ring (bicyclic) bond motifs is 1. The van der Waals surface area contributed by atoms with Gasteiger partial charge in [-0.2, -0.15) is 0 Å². The van der Waals surface area contributed by atoms with Crippen molar-refractivity contribution in [3.05, 3.63) is 46.5 Å². The second-order valence-corrected chi connectivity index (χ2v) is 6.93. The van der Waals surface area contributed by atoms with Crippen molar-refractivity contribution in [3.63, 3.8) is 0 Å². The van der Waals surface area contributed by atoms with Crippen LogP contribution in [0.3, 0.4) is 0 Å². The normalized spacial score (nSPS) is 15.8. The van der Waals surface area contributed by atoms with Gasteiger partial charge in [-0.05, 0) is 62.2 Å². The van der Waals surface area contributed by atoms with Crippen molar-refractivity contribution in [3.8, 4) is 11.5 Å². The minimum absolute atomic E-state index is 0.136. The van der Waals surface area contributed by atoms with Gasteiger partial charge < -0.3 is 19.7 Å². The van der Waals surface area contributed by atoms with Crippen LogP contribution in [0.25, 0.3) is 0 Å². The number of carbonyl (C=O) groups excluding carboxylic acids is 2. The lowest BCUT2D eigenvalue weighted by molar-refractivity contribution is -0.125. The number of hydrogen-bond acceptors (Lipinski definition) is 4. The molecule has 2 aromatic rings. The summed E-state index contributed by atoms with van der Waals surface area (Å²) in [6.45, 7) is 5.33. The zero-order valence-corrected chi connectivity index (χ0v) is 16.4. The number of rotatable bonds is 4. The number of halogens is 1. The van der Waals surface area contributed by atoms with Crippen LogP contribution in [0.15, 0.2) is 30.3 Å². The molecule has 0 radical (unpaired) electrons. The van der Waals surface area contributed by atoms with Gasteiger partial charge in [0, 0.05) is 17.8 Å². The zero-order chi connectivity index (χ0) is 19.7. The summed E-state index contributed by atoms with van der Waals surface area (Å²) in [7, 11) is 1.68. The van der Waals surface area contributed by atoms with Crippen LogP contribution in [0.5, 0.6) is 11.5 Å². The molecule has 2 aromatic carbocycles. The van der Waals surface area contributed by atoms with Gasteiger partial charge in [0.05, 0.1) is 5.69 Å². The van der Waals surface area contributed by atoms with Crippen molar-refractivity contribution in [1.29, 1.82) is 0 Å². The van der Waals surface area contributed by atoms with E-state index in [4.69, 9.17) is 21.1 Å². The minimum atomic E-state index is -0.525. The third kappa shape index (κ3) is 4.01. The van der Waals surface area contributed by atoms with Crippen LogP contribution in [0.2, 0.25) is 5.02 Å². The fraction of sp³-hybridized carbons (Fsp3) is 0.300. The highest BCUT2D eigenvalue weighted by atomic mass is 35.5. The lowest BCUT2D eigenvalue weighted by Gasteiger charge is -2.30. The Kier molecular flexibility index (Phi) is 5.28. The van der Waals surface area contributed by atoms with Gasteiger partial charge in [0.15, 0.2) is 12.7 Å². The van der Waals surface area contributed by atoms with E-state index in [1.54, 1.807) is 44.3 Å². The average molecular weight is 389 g/mol. The van der Waals surface area contributed by atoms with E-state index in [2.05, 4.69) is 5.32 Å². The van der Waals surface area contributed by atoms with Crippen LogP contribution in [0, 0.1) is 13.8 Å². The van der Waals surface area contributed by atoms with E-state index in [0.717, 1.165) is 11.1 Å². The fourth-order valence-electron chi connectivity index (χ4n) is 2.92. The van der Waals surface area contributed by atoms with E-state index in [1.807, 2.05) is 13.8 Å². The Bertz CT molecular complexity index is 890. The summed E-state index contributed by atoms with van der Waals surface area (Å²) in [6.07, 6.45) is -0.525. The van der Waals surface area contributed by atoms with E-state index >= 15 is 0 Å². The minimum Gasteiger partial charge on any atom is -0.484 e. The summed E-state index contributed by atoms with van der Waals surface area (Å²) in [5.74, 6) is 0.746. The van der Waals surface area contributed by atoms with Gasteiger partial charge in [-0.1, -0.05) is 11.6 Å². The van der Waals surface area contributed by atoms with E-state index < -0.39 is 6.10 Å². The number of hydrogen-bond donors (Lipinski definition) is 1. The quantitative estimate of drug-likeness (QED) is 0.866. The monoisotopic (exact) mass is 388 g/mol. The molecular formula is C20H21ClN2O4. The van der Waals surface area contributed by atoms with Crippen LogP contribution in [-0.2, 0) is 9.59 Å². The Hall–Kier alpha value is -2.73. The molecule has 0 aromatic heterocycles. The third-order valence-electron chi connectivity index (χ3n) is 4.37. The number of amides is 2. The molecule has 142 valence electrons. The lowest BCUT2D eigenvalue weighted by atomic mass is 10.1. The van der Waals surface area contributed by atoms with Crippen molar-refractivity contribution < 1.29 is 19.1 Å². The summed E-state index contributed by atoms with van der Waals surface area (Å²) in [5, 5.41) is 3.46. The number of nitrogens with one attached hydrogen (secondary N) is 1. The Balaban J connectivity index is 1.66. The molecule has 2 amide bonds. The number of carbonyl (C=O) groups is 2. The Morgan fingerprint density at radius 2 is 1.93 bits per heavy atom. The highest BCUT2D eigenvalue weighted by Crippen LogP contribution is 2.35. The molecule has 1 aliphatic rings. The van der Waals surface area contributed by atoms with Crippen LogP contribution >= 0.6 is 11.6 Å². The number of anilines is 2. The largest absolute Gasteiger partial charge is 0.484 e. The van der Waals surface area contributed by atoms with Gasteiger partial charge in [-0.25, -0.2) is 0 Å². The molecule has 1 aliphatic heterocycles. The number of benzene rings is 2. The molecular weight excluding hydrogens is 368 g/mol. The third-order valence-corrected chi connectivity index (χ3v) is 4.96. The lowest BCUT2D eigenvalue weighted by Crippen LogP contribution is -2.42. The Morgan fingerprint density at radius 1 is 1.26 bits per heavy atom. The molecule has 27 heavy (non-hydrogen) atoms. The van der Waals surface area contributed by atoms with Crippen molar-refractivity contribution in [2.45, 2.75) is 26.9 Å². The highest BCUT2D eigenvalue weighted by Gasteiger charge is 2.29. The Morgan fingerprint density at radius 3 is 2.59 bits per heavy atom. The summed E-state index contributed by atoms with van der Waals surface area (Å²) in [5.41, 5.74) is 2.96. The second-order valence-electron chi connectivity index (χ2n) is 6.55. The van der Waals surface area contributed by atoms with Crippen molar-refractivity contribution in [2.75, 3.05) is 23.9 Å². The van der Waals surface area contributed by atoms with Crippen LogP contribution in [-0.4, -0.2) is 31.6 Å². The predicted molar refractivity (Wildman–Crippen MR) is 105 cm³/mol. The smallest absolute Gasteiger partial charge is 0.267 e. The molecule has 6 nitrogen and oxygen atoms in total. The molecule has 0 aliphatic carbocycles. The SMILES string of the molecule is Cc1cc(OCC(=O)Nc2ccc3c(c2)N(C)C(=O)[C@@H](C)O3)cc(C)c1Cl. The summed E-state index contributed by atoms with van der Waals surface area (Å²) in [6, 6.07) is 8.75. The summed E-state index contributed by atoms with van der Waals surface area (Å²) >= 11 is 6.14. The highest BCUT2D eigenvalue weighted by molar-refractivity contribution is 6.32. The standard InChI is InChI=1S/C20H21ClN2O4/c1-11-7-15(8-12(2)19(11)21)26-10-18(24)22-14-5-6-17-16(9-14)23(4)20(25)13(3)27-17/h5-9,13H,10H2,1-4H3,(H,22,24)/t13-/m1/s1. The molecule has 1 atom stereocenters. The number of ether oxygens (including phenoxy) is 2. The molecule has 0 unspecified atom stereocenters. The van der Waals surface area contributed by atoms with Gasteiger partial charge in [0.1, 0.15) is 11.5 Å². The molecule has 1 heterocycles. The van der Waals surface area contributed by atoms with Gasteiger partial charge in [0.2, 0.25) is 0 Å². The maximum Gasteiger partial charge on any atom is 0.267 e. The van der Waals surface area contributed by atoms with Crippen molar-refractivity contribution in [2.24, 2.45) is 0 Å². The molecule has 0 saturated heterocycles. The van der Waals surface area contributed by atoms with Gasteiger partial charge in [0.25, 0.3) is 11.8 Å². The number of nitrogens with zero attached hydrogens (tertiary/aromatic N) is 1. The number of likely N-dealkylation sites (N-methyl/N-ethyl adjacent to an activating group) is 1. The zero-order valence-electron chi connectivity index (χ0n) is 15.6. The summed E-state index contributed by atoms with van der Waals surface area (Å²) in [4.78, 5) is 25.8. The first-order valence-corrected chi connectivity index (χ1v) is 8.91. The first-order valence-electron chi connectivity index (χ1n) is 8.54. The van der Waals surface area contributed by atoms with Crippen LogP contribution in [0.4, 0.5) is 11.4 Å². The van der Waals surface area contributed by atoms with Crippen LogP contribution in [0.1, 0.15) is 18.1 Å². The predicted octanol–water partition coefficient (Wildman–Crippen LogP) is 3.72. The first-order chi connectivity index (χ1) is 12.8. The van der Waals surface area contributed by atoms with E-state index in [-0.39, 0.29) is 18.4 Å². The molecule has 7 heteroatoms. The van der Waals surface area contributed by atoms with Crippen molar-refractivity contribution in [1.82, 2.24) is 0 Å². The maximum atomic E-state index is 12.2. The fourth-order valence-corrected chi connectivity index (χ4v) is 3.03. The molecule has 3 rings (SSSR count). The number of aryl methyl sites for hydroxylation is 2. The van der Waals surface area contributed by atoms with Gasteiger partial charge in [-0.15, -0.1) is 0 Å².